The molecule has 1 saturated heterocycles. The Balaban J connectivity index is 1.77. The van der Waals surface area contributed by atoms with Crippen LogP contribution in [0.25, 0.3) is 0 Å². The van der Waals surface area contributed by atoms with Gasteiger partial charge in [0.15, 0.2) is 11.6 Å². The Morgan fingerprint density at radius 1 is 0.950 bits per heavy atom. The summed E-state index contributed by atoms with van der Waals surface area (Å²) >= 11 is 0. The van der Waals surface area contributed by atoms with Gasteiger partial charge in [-0.2, -0.15) is 0 Å². The highest BCUT2D eigenvalue weighted by molar-refractivity contribution is 5.46. The van der Waals surface area contributed by atoms with E-state index < -0.39 is 11.6 Å². The van der Waals surface area contributed by atoms with Crippen molar-refractivity contribution in [3.63, 3.8) is 0 Å². The first-order chi connectivity index (χ1) is 9.74. The minimum Gasteiger partial charge on any atom is -0.380 e. The monoisotopic (exact) mass is 274 g/mol. The minimum absolute atomic E-state index is 0.169. The van der Waals surface area contributed by atoms with Crippen LogP contribution in [0.3, 0.4) is 0 Å². The second kappa shape index (κ2) is 5.59. The van der Waals surface area contributed by atoms with E-state index >= 15 is 0 Å². The van der Waals surface area contributed by atoms with E-state index in [9.17, 15) is 8.78 Å². The van der Waals surface area contributed by atoms with Gasteiger partial charge in [-0.05, 0) is 17.7 Å². The van der Waals surface area contributed by atoms with Gasteiger partial charge in [0.05, 0.1) is 0 Å². The molecule has 2 atom stereocenters. The first kappa shape index (κ1) is 13.1. The molecule has 2 aromatic carbocycles. The third kappa shape index (κ3) is 2.65. The fraction of sp³-hybridized carbons (Fsp3) is 0.250. The molecule has 4 heteroatoms. The van der Waals surface area contributed by atoms with Gasteiger partial charge >= 0.3 is 0 Å². The zero-order valence-corrected chi connectivity index (χ0v) is 10.9. The minimum atomic E-state index is -0.822. The van der Waals surface area contributed by atoms with E-state index in [0.717, 1.165) is 19.2 Å². The summed E-state index contributed by atoms with van der Waals surface area (Å²) in [5, 5.41) is 6.63. The standard InChI is InChI=1S/C16H16F2N2/c17-14-7-6-12(8-15(14)18)20-16-10-19-9-13(16)11-4-2-1-3-5-11/h1-8,13,16,19-20H,9-10H2/t13-,16+/m0/s1. The van der Waals surface area contributed by atoms with E-state index in [4.69, 9.17) is 0 Å². The molecule has 0 radical (unpaired) electrons. The van der Waals surface area contributed by atoms with Crippen LogP contribution in [0.4, 0.5) is 14.5 Å². The van der Waals surface area contributed by atoms with Crippen LogP contribution in [0.5, 0.6) is 0 Å². The van der Waals surface area contributed by atoms with E-state index in [1.54, 1.807) is 6.07 Å². The van der Waals surface area contributed by atoms with Crippen molar-refractivity contribution in [3.8, 4) is 0 Å². The van der Waals surface area contributed by atoms with E-state index in [-0.39, 0.29) is 6.04 Å². The molecule has 1 aliphatic rings. The molecule has 0 bridgehead atoms. The van der Waals surface area contributed by atoms with Gasteiger partial charge in [-0.15, -0.1) is 0 Å². The van der Waals surface area contributed by atoms with Crippen molar-refractivity contribution < 1.29 is 8.78 Å². The van der Waals surface area contributed by atoms with Gasteiger partial charge in [-0.1, -0.05) is 30.3 Å². The summed E-state index contributed by atoms with van der Waals surface area (Å²) in [7, 11) is 0. The molecule has 0 saturated carbocycles. The molecule has 0 spiro atoms. The van der Waals surface area contributed by atoms with Gasteiger partial charge in [0, 0.05) is 36.8 Å². The van der Waals surface area contributed by atoms with Crippen molar-refractivity contribution in [1.29, 1.82) is 0 Å². The molecule has 1 heterocycles. The highest BCUT2D eigenvalue weighted by Crippen LogP contribution is 2.26. The maximum Gasteiger partial charge on any atom is 0.160 e. The van der Waals surface area contributed by atoms with Crippen LogP contribution >= 0.6 is 0 Å². The Morgan fingerprint density at radius 3 is 2.50 bits per heavy atom. The molecule has 1 aliphatic heterocycles. The van der Waals surface area contributed by atoms with Crippen LogP contribution in [-0.4, -0.2) is 19.1 Å². The Hall–Kier alpha value is -1.94. The lowest BCUT2D eigenvalue weighted by Gasteiger charge is -2.21. The maximum absolute atomic E-state index is 13.2. The van der Waals surface area contributed by atoms with Crippen LogP contribution in [-0.2, 0) is 0 Å². The molecule has 0 unspecified atom stereocenters. The Bertz CT molecular complexity index is 586. The topological polar surface area (TPSA) is 24.1 Å². The lowest BCUT2D eigenvalue weighted by molar-refractivity contribution is 0.508. The number of hydrogen-bond acceptors (Lipinski definition) is 2. The molecule has 2 nitrogen and oxygen atoms in total. The lowest BCUT2D eigenvalue weighted by atomic mass is 9.94. The van der Waals surface area contributed by atoms with Crippen LogP contribution < -0.4 is 10.6 Å². The summed E-state index contributed by atoms with van der Waals surface area (Å²) in [5.41, 5.74) is 1.86. The molecule has 0 aliphatic carbocycles. The molecule has 1 fully saturated rings. The number of hydrogen-bond donors (Lipinski definition) is 2. The molecule has 2 N–H and O–H groups in total. The summed E-state index contributed by atoms with van der Waals surface area (Å²) in [6, 6.07) is 14.3. The van der Waals surface area contributed by atoms with Gasteiger partial charge in [0.25, 0.3) is 0 Å². The van der Waals surface area contributed by atoms with Gasteiger partial charge < -0.3 is 10.6 Å². The van der Waals surface area contributed by atoms with E-state index in [0.29, 0.717) is 11.6 Å². The first-order valence-electron chi connectivity index (χ1n) is 6.71. The predicted octanol–water partition coefficient (Wildman–Crippen LogP) is 3.13. The van der Waals surface area contributed by atoms with Crippen LogP contribution in [0.15, 0.2) is 48.5 Å². The van der Waals surface area contributed by atoms with Crippen molar-refractivity contribution >= 4 is 5.69 Å². The predicted molar refractivity (Wildman–Crippen MR) is 75.8 cm³/mol. The molecule has 104 valence electrons. The molecule has 20 heavy (non-hydrogen) atoms. The van der Waals surface area contributed by atoms with Gasteiger partial charge in [0.2, 0.25) is 0 Å². The van der Waals surface area contributed by atoms with Crippen molar-refractivity contribution in [1.82, 2.24) is 5.32 Å². The summed E-state index contributed by atoms with van der Waals surface area (Å²) < 4.78 is 26.2. The van der Waals surface area contributed by atoms with Gasteiger partial charge in [-0.3, -0.25) is 0 Å². The average Bonchev–Trinajstić information content (AvgIpc) is 2.92. The number of nitrogens with one attached hydrogen (secondary N) is 2. The Kier molecular flexibility index (Phi) is 3.65. The molecule has 0 aromatic heterocycles. The third-order valence-electron chi connectivity index (χ3n) is 3.71. The number of benzene rings is 2. The van der Waals surface area contributed by atoms with E-state index in [1.807, 2.05) is 18.2 Å². The van der Waals surface area contributed by atoms with Crippen LogP contribution in [0.1, 0.15) is 11.5 Å². The zero-order valence-electron chi connectivity index (χ0n) is 10.9. The summed E-state index contributed by atoms with van der Waals surface area (Å²) in [5.74, 6) is -1.32. The summed E-state index contributed by atoms with van der Waals surface area (Å²) in [6.45, 7) is 1.68. The van der Waals surface area contributed by atoms with Crippen LogP contribution in [0, 0.1) is 11.6 Å². The molecule has 2 aromatic rings. The van der Waals surface area contributed by atoms with E-state index in [1.165, 1.54) is 11.6 Å². The molecular weight excluding hydrogens is 258 g/mol. The largest absolute Gasteiger partial charge is 0.380 e. The smallest absolute Gasteiger partial charge is 0.160 e. The maximum atomic E-state index is 13.2. The number of rotatable bonds is 3. The van der Waals surface area contributed by atoms with E-state index in [2.05, 4.69) is 22.8 Å². The summed E-state index contributed by atoms with van der Waals surface area (Å²) in [6.07, 6.45) is 0. The van der Waals surface area contributed by atoms with Crippen molar-refractivity contribution in [2.24, 2.45) is 0 Å². The SMILES string of the molecule is Fc1ccc(N[C@@H]2CNC[C@H]2c2ccccc2)cc1F. The van der Waals surface area contributed by atoms with Gasteiger partial charge in [-0.25, -0.2) is 8.78 Å². The average molecular weight is 274 g/mol. The molecule has 0 amide bonds. The fourth-order valence-corrected chi connectivity index (χ4v) is 2.68. The van der Waals surface area contributed by atoms with Gasteiger partial charge in [0.1, 0.15) is 0 Å². The second-order valence-electron chi connectivity index (χ2n) is 5.06. The van der Waals surface area contributed by atoms with Crippen molar-refractivity contribution in [2.45, 2.75) is 12.0 Å². The summed E-state index contributed by atoms with van der Waals surface area (Å²) in [4.78, 5) is 0. The fourth-order valence-electron chi connectivity index (χ4n) is 2.68. The first-order valence-corrected chi connectivity index (χ1v) is 6.71. The lowest BCUT2D eigenvalue weighted by Crippen LogP contribution is -2.27. The highest BCUT2D eigenvalue weighted by Gasteiger charge is 2.28. The number of halogens is 2. The van der Waals surface area contributed by atoms with Crippen molar-refractivity contribution in [2.75, 3.05) is 18.4 Å². The van der Waals surface area contributed by atoms with Crippen LogP contribution in [0.2, 0.25) is 0 Å². The molecule has 3 rings (SSSR count). The Labute approximate surface area is 116 Å². The normalized spacial score (nSPS) is 21.9. The third-order valence-corrected chi connectivity index (χ3v) is 3.71. The van der Waals surface area contributed by atoms with Crippen molar-refractivity contribution in [3.05, 3.63) is 65.7 Å². The quantitative estimate of drug-likeness (QED) is 0.898. The Morgan fingerprint density at radius 2 is 1.75 bits per heavy atom. The molecular formula is C16H16F2N2. The number of anilines is 1. The highest BCUT2D eigenvalue weighted by atomic mass is 19.2. The second-order valence-corrected chi connectivity index (χ2v) is 5.06. The zero-order chi connectivity index (χ0) is 13.9.